The molecule has 1 fully saturated rings. The van der Waals surface area contributed by atoms with Crippen molar-refractivity contribution in [2.24, 2.45) is 0 Å². The zero-order valence-electron chi connectivity index (χ0n) is 23.4. The Balaban J connectivity index is 1.76. The Morgan fingerprint density at radius 2 is 1.28 bits per heavy atom. The van der Waals surface area contributed by atoms with Crippen LogP contribution < -0.4 is 9.47 Å². The molecule has 2 aromatic carbocycles. The van der Waals surface area contributed by atoms with Crippen LogP contribution in [-0.4, -0.2) is 11.9 Å². The van der Waals surface area contributed by atoms with Crippen LogP contribution in [0, 0.1) is 13.8 Å². The van der Waals surface area contributed by atoms with E-state index >= 15 is 0 Å². The topological polar surface area (TPSA) is 61.8 Å². The largest absolute Gasteiger partial charge is 0.465 e. The minimum Gasteiger partial charge on any atom is -0.465 e. The van der Waals surface area contributed by atoms with Crippen LogP contribution in [0.1, 0.15) is 68.2 Å². The molecule has 0 heterocycles. The molecular weight excluding hydrogens is 488 g/mol. The Hall–Kier alpha value is -4.12. The normalized spacial score (nSPS) is 15.0. The van der Waals surface area contributed by atoms with Gasteiger partial charge < -0.3 is 14.2 Å². The second-order valence-electron chi connectivity index (χ2n) is 10.1. The maximum atomic E-state index is 12.0. The molecule has 0 aliphatic heterocycles. The van der Waals surface area contributed by atoms with Gasteiger partial charge in [0.15, 0.2) is 0 Å². The molecule has 0 bridgehead atoms. The van der Waals surface area contributed by atoms with Gasteiger partial charge in [0.2, 0.25) is 0 Å². The zero-order chi connectivity index (χ0) is 28.4. The van der Waals surface area contributed by atoms with Crippen LogP contribution in [-0.2, 0) is 19.7 Å². The summed E-state index contributed by atoms with van der Waals surface area (Å²) in [5.41, 5.74) is 5.51. The third kappa shape index (κ3) is 7.70. The van der Waals surface area contributed by atoms with Gasteiger partial charge in [0.05, 0.1) is 12.5 Å². The lowest BCUT2D eigenvalue weighted by Crippen LogP contribution is -2.32. The number of esters is 2. The van der Waals surface area contributed by atoms with Gasteiger partial charge in [-0.15, -0.1) is 0 Å². The van der Waals surface area contributed by atoms with E-state index in [1.165, 1.54) is 42.2 Å². The maximum Gasteiger partial charge on any atom is 0.338 e. The highest BCUT2D eigenvalue weighted by Crippen LogP contribution is 2.48. The van der Waals surface area contributed by atoms with E-state index in [2.05, 4.69) is 45.2 Å². The van der Waals surface area contributed by atoms with E-state index in [9.17, 15) is 9.59 Å². The molecule has 2 aromatic rings. The summed E-state index contributed by atoms with van der Waals surface area (Å²) in [6, 6.07) is 12.3. The molecule has 0 radical (unpaired) electrons. The summed E-state index contributed by atoms with van der Waals surface area (Å²) >= 11 is 0. The summed E-state index contributed by atoms with van der Waals surface area (Å²) < 4.78 is 16.2. The second-order valence-corrected chi connectivity index (χ2v) is 10.1. The van der Waals surface area contributed by atoms with Crippen molar-refractivity contribution in [2.45, 2.75) is 65.2 Å². The Labute approximate surface area is 232 Å². The standard InChI is InChI=1S/C34H38O5/c1-24(2)32(35)38-21-13-8-7-12-20-37-28-14-16-30(26(5)22-28)34(18-10-9-11-19-34)31-17-15-29(23-27(31)6)39-33(36)25(3)4/h7-8,12-17,20-23H,1,3,9-11,18-19H2,2,4-6H3. The molecule has 0 amide bonds. The lowest BCUT2D eigenvalue weighted by molar-refractivity contribution is -0.133. The van der Waals surface area contributed by atoms with Crippen molar-refractivity contribution in [3.8, 4) is 11.5 Å². The number of allylic oxidation sites excluding steroid dienone is 4. The van der Waals surface area contributed by atoms with E-state index in [0.29, 0.717) is 16.9 Å². The van der Waals surface area contributed by atoms with Crippen LogP contribution in [0.3, 0.4) is 0 Å². The Bertz CT molecular complexity index is 1320. The molecule has 39 heavy (non-hydrogen) atoms. The Morgan fingerprint density at radius 3 is 1.85 bits per heavy atom. The number of ether oxygens (including phenoxy) is 3. The molecule has 1 saturated carbocycles. The van der Waals surface area contributed by atoms with Crippen LogP contribution in [0.4, 0.5) is 0 Å². The SMILES string of the molecule is C=C(C)C(=O)OC=CC=CC=COc1ccc(C2(c3ccc(OC(=O)C(=C)C)cc3C)CCCCC2)c(C)c1. The highest BCUT2D eigenvalue weighted by atomic mass is 16.5. The molecule has 3 rings (SSSR count). The predicted octanol–water partition coefficient (Wildman–Crippen LogP) is 8.12. The van der Waals surface area contributed by atoms with Crippen LogP contribution in [0.5, 0.6) is 11.5 Å². The molecule has 0 saturated heterocycles. The third-order valence-corrected chi connectivity index (χ3v) is 6.91. The number of carbonyl (C=O) groups is 2. The first-order chi connectivity index (χ1) is 18.6. The molecule has 5 heteroatoms. The van der Waals surface area contributed by atoms with E-state index in [-0.39, 0.29) is 5.41 Å². The Kier molecular flexibility index (Phi) is 10.3. The van der Waals surface area contributed by atoms with Crippen molar-refractivity contribution < 1.29 is 23.8 Å². The summed E-state index contributed by atoms with van der Waals surface area (Å²) in [5.74, 6) is 0.436. The minimum atomic E-state index is -0.455. The van der Waals surface area contributed by atoms with Gasteiger partial charge in [-0.05, 0) is 99.2 Å². The first kappa shape index (κ1) is 29.4. The molecule has 5 nitrogen and oxygen atoms in total. The van der Waals surface area contributed by atoms with Gasteiger partial charge in [0, 0.05) is 16.6 Å². The van der Waals surface area contributed by atoms with Gasteiger partial charge in [-0.1, -0.05) is 56.7 Å². The fourth-order valence-electron chi connectivity index (χ4n) is 5.05. The van der Waals surface area contributed by atoms with Crippen molar-refractivity contribution in [3.05, 3.63) is 120 Å². The van der Waals surface area contributed by atoms with E-state index in [0.717, 1.165) is 24.2 Å². The van der Waals surface area contributed by atoms with Crippen molar-refractivity contribution in [1.29, 1.82) is 0 Å². The maximum absolute atomic E-state index is 12.0. The smallest absolute Gasteiger partial charge is 0.338 e. The van der Waals surface area contributed by atoms with Gasteiger partial charge in [-0.3, -0.25) is 0 Å². The first-order valence-electron chi connectivity index (χ1n) is 13.3. The summed E-state index contributed by atoms with van der Waals surface area (Å²) in [7, 11) is 0. The summed E-state index contributed by atoms with van der Waals surface area (Å²) in [6.07, 6.45) is 15.5. The fourth-order valence-corrected chi connectivity index (χ4v) is 5.05. The number of rotatable bonds is 10. The van der Waals surface area contributed by atoms with Crippen molar-refractivity contribution >= 4 is 11.9 Å². The average molecular weight is 527 g/mol. The number of benzene rings is 2. The molecule has 0 aromatic heterocycles. The van der Waals surface area contributed by atoms with Crippen LogP contribution >= 0.6 is 0 Å². The number of carbonyl (C=O) groups excluding carboxylic acids is 2. The Morgan fingerprint density at radius 1 is 0.744 bits per heavy atom. The van der Waals surface area contributed by atoms with Gasteiger partial charge in [-0.2, -0.15) is 0 Å². The molecule has 0 N–H and O–H groups in total. The molecule has 1 aliphatic rings. The van der Waals surface area contributed by atoms with E-state index in [1.807, 2.05) is 18.2 Å². The lowest BCUT2D eigenvalue weighted by Gasteiger charge is -2.40. The lowest BCUT2D eigenvalue weighted by atomic mass is 9.63. The van der Waals surface area contributed by atoms with Crippen molar-refractivity contribution in [2.75, 3.05) is 0 Å². The highest BCUT2D eigenvalue weighted by molar-refractivity contribution is 5.88. The van der Waals surface area contributed by atoms with Crippen molar-refractivity contribution in [1.82, 2.24) is 0 Å². The molecule has 0 atom stereocenters. The summed E-state index contributed by atoms with van der Waals surface area (Å²) in [5, 5.41) is 0. The average Bonchev–Trinajstić information content (AvgIpc) is 2.90. The second kappa shape index (κ2) is 13.6. The predicted molar refractivity (Wildman–Crippen MR) is 156 cm³/mol. The van der Waals surface area contributed by atoms with Crippen LogP contribution in [0.25, 0.3) is 0 Å². The third-order valence-electron chi connectivity index (χ3n) is 6.91. The minimum absolute atomic E-state index is 0.0969. The van der Waals surface area contributed by atoms with Crippen molar-refractivity contribution in [3.63, 3.8) is 0 Å². The number of hydrogen-bond acceptors (Lipinski definition) is 5. The number of hydrogen-bond donors (Lipinski definition) is 0. The first-order valence-corrected chi connectivity index (χ1v) is 13.3. The highest BCUT2D eigenvalue weighted by Gasteiger charge is 2.38. The van der Waals surface area contributed by atoms with Gasteiger partial charge >= 0.3 is 11.9 Å². The van der Waals surface area contributed by atoms with E-state index in [4.69, 9.17) is 14.2 Å². The molecule has 0 spiro atoms. The van der Waals surface area contributed by atoms with Crippen LogP contribution in [0.2, 0.25) is 0 Å². The quantitative estimate of drug-likeness (QED) is 0.103. The molecule has 204 valence electrons. The fraction of sp³-hybridized carbons (Fsp3) is 0.294. The molecule has 0 unspecified atom stereocenters. The summed E-state index contributed by atoms with van der Waals surface area (Å²) in [4.78, 5) is 23.3. The molecular formula is C34H38O5. The van der Waals surface area contributed by atoms with Crippen LogP contribution in [0.15, 0.2) is 97.5 Å². The monoisotopic (exact) mass is 526 g/mol. The number of aryl methyl sites for hydroxylation is 2. The van der Waals surface area contributed by atoms with E-state index in [1.54, 1.807) is 44.4 Å². The zero-order valence-corrected chi connectivity index (χ0v) is 23.4. The summed E-state index contributed by atoms with van der Waals surface area (Å²) in [6.45, 7) is 14.7. The van der Waals surface area contributed by atoms with Gasteiger partial charge in [-0.25, -0.2) is 9.59 Å². The van der Waals surface area contributed by atoms with Gasteiger partial charge in [0.1, 0.15) is 11.5 Å². The molecule has 1 aliphatic carbocycles. The van der Waals surface area contributed by atoms with Gasteiger partial charge in [0.25, 0.3) is 0 Å². The van der Waals surface area contributed by atoms with E-state index < -0.39 is 11.9 Å².